The number of thiazole rings is 1. The number of nitrogens with zero attached hydrogens (tertiary/aromatic N) is 1. The molecule has 0 saturated carbocycles. The molecule has 1 aromatic carbocycles. The van der Waals surface area contributed by atoms with Crippen LogP contribution in [0.25, 0.3) is 0 Å². The van der Waals surface area contributed by atoms with Gasteiger partial charge in [-0.1, -0.05) is 17.7 Å². The van der Waals surface area contributed by atoms with Crippen LogP contribution in [0.2, 0.25) is 0 Å². The van der Waals surface area contributed by atoms with Crippen LogP contribution < -0.4 is 0 Å². The van der Waals surface area contributed by atoms with E-state index in [0.717, 1.165) is 5.56 Å². The monoisotopic (exact) mass is 271 g/mol. The minimum atomic E-state index is -4.05. The maximum absolute atomic E-state index is 10.7. The van der Waals surface area contributed by atoms with Gasteiger partial charge in [0.2, 0.25) is 0 Å². The van der Waals surface area contributed by atoms with Gasteiger partial charge in [0.1, 0.15) is 0 Å². The summed E-state index contributed by atoms with van der Waals surface area (Å²) < 4.78 is 30.2. The largest absolute Gasteiger partial charge is 0.294 e. The third-order valence-electron chi connectivity index (χ3n) is 1.96. The molecule has 92 valence electrons. The van der Waals surface area contributed by atoms with Crippen LogP contribution in [-0.2, 0) is 10.1 Å². The summed E-state index contributed by atoms with van der Waals surface area (Å²) in [6, 6.07) is 4.76. The molecule has 0 aliphatic heterocycles. The van der Waals surface area contributed by atoms with Crippen LogP contribution in [0.3, 0.4) is 0 Å². The maximum Gasteiger partial charge on any atom is 0.294 e. The lowest BCUT2D eigenvalue weighted by Gasteiger charge is -2.02. The van der Waals surface area contributed by atoms with E-state index in [4.69, 9.17) is 4.55 Å². The fourth-order valence-corrected chi connectivity index (χ4v) is 2.32. The van der Waals surface area contributed by atoms with E-state index in [2.05, 4.69) is 4.98 Å². The lowest BCUT2D eigenvalue weighted by Crippen LogP contribution is -2.00. The van der Waals surface area contributed by atoms with E-state index in [1.807, 2.05) is 12.3 Å². The van der Waals surface area contributed by atoms with Gasteiger partial charge in [-0.25, -0.2) is 0 Å². The zero-order valence-corrected chi connectivity index (χ0v) is 11.1. The van der Waals surface area contributed by atoms with Gasteiger partial charge in [0, 0.05) is 11.6 Å². The molecule has 17 heavy (non-hydrogen) atoms. The fraction of sp³-hybridized carbons (Fsp3) is 0.182. The molecule has 0 bridgehead atoms. The molecule has 2 aromatic rings. The molecule has 4 nitrogen and oxygen atoms in total. The predicted molar refractivity (Wildman–Crippen MR) is 67.8 cm³/mol. The van der Waals surface area contributed by atoms with Crippen molar-refractivity contribution in [3.63, 3.8) is 0 Å². The second-order valence-corrected chi connectivity index (χ2v) is 5.56. The summed E-state index contributed by atoms with van der Waals surface area (Å²) in [5, 5.41) is 1.93. The molecule has 0 amide bonds. The van der Waals surface area contributed by atoms with Gasteiger partial charge in [0.25, 0.3) is 10.1 Å². The molecule has 6 heteroatoms. The Kier molecular flexibility index (Phi) is 4.80. The normalized spacial score (nSPS) is 10.5. The first-order valence-electron chi connectivity index (χ1n) is 4.78. The van der Waals surface area contributed by atoms with Crippen molar-refractivity contribution in [3.05, 3.63) is 46.4 Å². The first-order valence-corrected chi connectivity index (χ1v) is 7.16. The Labute approximate surface area is 105 Å². The molecule has 0 fully saturated rings. The lowest BCUT2D eigenvalue weighted by atomic mass is 10.2. The highest BCUT2D eigenvalue weighted by atomic mass is 32.2. The van der Waals surface area contributed by atoms with Gasteiger partial charge < -0.3 is 0 Å². The standard InChI is InChI=1S/C8H10O3S.C3H3NS/c1-6-3-4-8(7(2)5-6)12(9,10)11;1-2-5-3-4-1/h3-5H,1-2H3,(H,9,10,11);1-3H. The summed E-state index contributed by atoms with van der Waals surface area (Å²) in [6.07, 6.45) is 1.77. The van der Waals surface area contributed by atoms with E-state index in [1.54, 1.807) is 42.1 Å². The molecular weight excluding hydrogens is 258 g/mol. The molecule has 1 heterocycles. The van der Waals surface area contributed by atoms with Crippen LogP contribution in [0.15, 0.2) is 40.2 Å². The van der Waals surface area contributed by atoms with Crippen molar-refractivity contribution >= 4 is 21.5 Å². The minimum Gasteiger partial charge on any atom is -0.282 e. The van der Waals surface area contributed by atoms with Gasteiger partial charge in [0.05, 0.1) is 10.4 Å². The third kappa shape index (κ3) is 4.64. The highest BCUT2D eigenvalue weighted by molar-refractivity contribution is 7.85. The second-order valence-electron chi connectivity index (χ2n) is 3.42. The smallest absolute Gasteiger partial charge is 0.282 e. The Balaban J connectivity index is 0.000000239. The van der Waals surface area contributed by atoms with Crippen LogP contribution in [-0.4, -0.2) is 18.0 Å². The molecule has 0 atom stereocenters. The Morgan fingerprint density at radius 3 is 2.35 bits per heavy atom. The van der Waals surface area contributed by atoms with Crippen LogP contribution >= 0.6 is 11.3 Å². The van der Waals surface area contributed by atoms with Crippen LogP contribution in [0, 0.1) is 13.8 Å². The third-order valence-corrected chi connectivity index (χ3v) is 3.49. The van der Waals surface area contributed by atoms with Gasteiger partial charge in [-0.05, 0) is 25.5 Å². The Bertz CT molecular complexity index is 545. The van der Waals surface area contributed by atoms with Crippen molar-refractivity contribution in [1.29, 1.82) is 0 Å². The number of hydrogen-bond acceptors (Lipinski definition) is 4. The summed E-state index contributed by atoms with van der Waals surface area (Å²) in [4.78, 5) is 3.72. The molecular formula is C11H13NO3S2. The molecule has 0 unspecified atom stereocenters. The van der Waals surface area contributed by atoms with Crippen molar-refractivity contribution < 1.29 is 13.0 Å². The SMILES string of the molecule is Cc1ccc(S(=O)(=O)O)c(C)c1.c1cscn1. The zero-order valence-electron chi connectivity index (χ0n) is 9.49. The first kappa shape index (κ1) is 13.8. The Morgan fingerprint density at radius 2 is 2.00 bits per heavy atom. The highest BCUT2D eigenvalue weighted by Gasteiger charge is 2.11. The van der Waals surface area contributed by atoms with E-state index < -0.39 is 10.1 Å². The summed E-state index contributed by atoms with van der Waals surface area (Å²) >= 11 is 1.60. The van der Waals surface area contributed by atoms with Crippen molar-refractivity contribution in [2.45, 2.75) is 18.7 Å². The van der Waals surface area contributed by atoms with E-state index in [9.17, 15) is 8.42 Å². The summed E-state index contributed by atoms with van der Waals surface area (Å²) in [5.74, 6) is 0. The van der Waals surface area contributed by atoms with Crippen LogP contribution in [0.5, 0.6) is 0 Å². The maximum atomic E-state index is 10.7. The second kappa shape index (κ2) is 5.90. The molecule has 0 aliphatic rings. The fourth-order valence-electron chi connectivity index (χ4n) is 1.26. The average Bonchev–Trinajstić information content (AvgIpc) is 2.72. The number of aryl methyl sites for hydroxylation is 2. The molecule has 0 aliphatic carbocycles. The van der Waals surface area contributed by atoms with E-state index in [-0.39, 0.29) is 4.90 Å². The highest BCUT2D eigenvalue weighted by Crippen LogP contribution is 2.15. The van der Waals surface area contributed by atoms with Crippen molar-refractivity contribution in [2.24, 2.45) is 0 Å². The predicted octanol–water partition coefficient (Wildman–Crippen LogP) is 2.69. The molecule has 0 radical (unpaired) electrons. The minimum absolute atomic E-state index is 0.0203. The average molecular weight is 271 g/mol. The lowest BCUT2D eigenvalue weighted by molar-refractivity contribution is 0.482. The zero-order chi connectivity index (χ0) is 12.9. The van der Waals surface area contributed by atoms with Gasteiger partial charge in [-0.2, -0.15) is 8.42 Å². The van der Waals surface area contributed by atoms with Gasteiger partial charge in [-0.15, -0.1) is 11.3 Å². The van der Waals surface area contributed by atoms with Crippen molar-refractivity contribution in [2.75, 3.05) is 0 Å². The number of aromatic nitrogens is 1. The van der Waals surface area contributed by atoms with Gasteiger partial charge in [0.15, 0.2) is 0 Å². The molecule has 0 saturated heterocycles. The Morgan fingerprint density at radius 1 is 1.29 bits per heavy atom. The Hall–Kier alpha value is -1.24. The van der Waals surface area contributed by atoms with E-state index in [1.165, 1.54) is 6.07 Å². The molecule has 0 spiro atoms. The number of rotatable bonds is 1. The summed E-state index contributed by atoms with van der Waals surface area (Å²) in [5.41, 5.74) is 3.33. The quantitative estimate of drug-likeness (QED) is 0.810. The topological polar surface area (TPSA) is 67.3 Å². The van der Waals surface area contributed by atoms with E-state index in [0.29, 0.717) is 5.56 Å². The van der Waals surface area contributed by atoms with E-state index >= 15 is 0 Å². The van der Waals surface area contributed by atoms with Crippen molar-refractivity contribution in [1.82, 2.24) is 4.98 Å². The van der Waals surface area contributed by atoms with Gasteiger partial charge >= 0.3 is 0 Å². The number of hydrogen-bond donors (Lipinski definition) is 1. The molecule has 1 aromatic heterocycles. The molecule has 2 rings (SSSR count). The summed E-state index contributed by atoms with van der Waals surface area (Å²) in [7, 11) is -4.05. The van der Waals surface area contributed by atoms with Gasteiger partial charge in [-0.3, -0.25) is 9.54 Å². The number of benzene rings is 1. The summed E-state index contributed by atoms with van der Waals surface area (Å²) in [6.45, 7) is 3.51. The first-order chi connectivity index (χ1) is 7.91. The van der Waals surface area contributed by atoms with Crippen LogP contribution in [0.1, 0.15) is 11.1 Å². The van der Waals surface area contributed by atoms with Crippen LogP contribution in [0.4, 0.5) is 0 Å². The molecule has 1 N–H and O–H groups in total. The van der Waals surface area contributed by atoms with Crippen molar-refractivity contribution in [3.8, 4) is 0 Å².